The van der Waals surface area contributed by atoms with E-state index in [2.05, 4.69) is 15.6 Å². The number of rotatable bonds is 5. The highest BCUT2D eigenvalue weighted by molar-refractivity contribution is 6.32. The second kappa shape index (κ2) is 7.92. The third kappa shape index (κ3) is 3.66. The Morgan fingerprint density at radius 3 is 2.90 bits per heavy atom. The molecule has 29 heavy (non-hydrogen) atoms. The van der Waals surface area contributed by atoms with E-state index in [-0.39, 0.29) is 18.0 Å². The van der Waals surface area contributed by atoms with Gasteiger partial charge in [0.25, 0.3) is 11.5 Å². The summed E-state index contributed by atoms with van der Waals surface area (Å²) in [6.45, 7) is 2.46. The van der Waals surface area contributed by atoms with Gasteiger partial charge in [-0.2, -0.15) is 10.2 Å². The number of fused-ring (bicyclic) bond motifs is 2. The Kier molecular flexibility index (Phi) is 5.18. The van der Waals surface area contributed by atoms with Crippen molar-refractivity contribution in [2.45, 2.75) is 19.9 Å². The topological polar surface area (TPSA) is 94.8 Å². The molecule has 148 valence electrons. The average molecular weight is 413 g/mol. The minimum absolute atomic E-state index is 0.110. The van der Waals surface area contributed by atoms with Crippen LogP contribution in [0, 0.1) is 0 Å². The number of aryl methyl sites for hydroxylation is 1. The van der Waals surface area contributed by atoms with Crippen molar-refractivity contribution in [1.29, 1.82) is 0 Å². The monoisotopic (exact) mass is 412 g/mol. The summed E-state index contributed by atoms with van der Waals surface area (Å²) < 4.78 is 11.9. The first-order chi connectivity index (χ1) is 14.1. The van der Waals surface area contributed by atoms with E-state index in [1.165, 1.54) is 10.9 Å². The minimum Gasteiger partial charge on any atom is -0.454 e. The van der Waals surface area contributed by atoms with Crippen molar-refractivity contribution in [3.63, 3.8) is 0 Å². The maximum atomic E-state index is 12.7. The van der Waals surface area contributed by atoms with Crippen LogP contribution in [0.15, 0.2) is 46.3 Å². The molecular weight excluding hydrogens is 396 g/mol. The van der Waals surface area contributed by atoms with Gasteiger partial charge in [-0.3, -0.25) is 9.59 Å². The number of ether oxygens (including phenoxy) is 2. The molecule has 1 aliphatic rings. The fourth-order valence-electron chi connectivity index (χ4n) is 3.05. The zero-order chi connectivity index (χ0) is 20.4. The van der Waals surface area contributed by atoms with Crippen LogP contribution in [0.4, 0.5) is 0 Å². The Morgan fingerprint density at radius 2 is 2.10 bits per heavy atom. The first kappa shape index (κ1) is 18.9. The number of hydrazone groups is 1. The number of aromatic nitrogens is 2. The number of benzene rings is 2. The van der Waals surface area contributed by atoms with Crippen LogP contribution >= 0.6 is 11.6 Å². The van der Waals surface area contributed by atoms with Gasteiger partial charge in [0, 0.05) is 11.9 Å². The van der Waals surface area contributed by atoms with Crippen LogP contribution in [-0.4, -0.2) is 28.7 Å². The number of amides is 1. The van der Waals surface area contributed by atoms with Crippen LogP contribution in [0.5, 0.6) is 11.5 Å². The molecule has 3 aromatic rings. The Hall–Kier alpha value is -3.39. The van der Waals surface area contributed by atoms with Crippen molar-refractivity contribution < 1.29 is 14.3 Å². The Labute approximate surface area is 170 Å². The number of nitrogens with one attached hydrogen (secondary N) is 1. The predicted molar refractivity (Wildman–Crippen MR) is 109 cm³/mol. The van der Waals surface area contributed by atoms with Crippen LogP contribution in [-0.2, 0) is 6.54 Å². The van der Waals surface area contributed by atoms with E-state index >= 15 is 0 Å². The van der Waals surface area contributed by atoms with E-state index < -0.39 is 5.91 Å². The van der Waals surface area contributed by atoms with Gasteiger partial charge < -0.3 is 9.47 Å². The summed E-state index contributed by atoms with van der Waals surface area (Å²) in [5.74, 6) is 0.487. The summed E-state index contributed by atoms with van der Waals surface area (Å²) in [5.41, 5.74) is 3.00. The standard InChI is InChI=1S/C20H17ClN4O4/c1-2-7-25-20(27)14-6-4-3-5-13(14)17(24-25)19(26)23-22-10-12-8-15(21)18-16(9-12)28-11-29-18/h3-6,8-10H,2,7,11H2,1H3,(H,23,26)/b22-10-. The first-order valence-electron chi connectivity index (χ1n) is 9.01. The van der Waals surface area contributed by atoms with Crippen LogP contribution in [0.3, 0.4) is 0 Å². The zero-order valence-corrected chi connectivity index (χ0v) is 16.3. The lowest BCUT2D eigenvalue weighted by Gasteiger charge is -2.09. The van der Waals surface area contributed by atoms with Gasteiger partial charge in [-0.15, -0.1) is 0 Å². The van der Waals surface area contributed by atoms with Gasteiger partial charge in [0.05, 0.1) is 16.6 Å². The van der Waals surface area contributed by atoms with Gasteiger partial charge in [0.15, 0.2) is 17.2 Å². The average Bonchev–Trinajstić information content (AvgIpc) is 3.19. The van der Waals surface area contributed by atoms with Gasteiger partial charge in [-0.1, -0.05) is 36.7 Å². The molecule has 1 aromatic heterocycles. The molecule has 2 aromatic carbocycles. The molecule has 1 aliphatic heterocycles. The molecule has 0 unspecified atom stereocenters. The summed E-state index contributed by atoms with van der Waals surface area (Å²) >= 11 is 6.14. The van der Waals surface area contributed by atoms with Gasteiger partial charge >= 0.3 is 0 Å². The molecule has 1 N–H and O–H groups in total. The molecule has 8 nitrogen and oxygen atoms in total. The summed E-state index contributed by atoms with van der Waals surface area (Å²) in [5, 5.41) is 9.53. The van der Waals surface area contributed by atoms with E-state index in [9.17, 15) is 9.59 Å². The smallest absolute Gasteiger partial charge is 0.292 e. The van der Waals surface area contributed by atoms with E-state index in [4.69, 9.17) is 21.1 Å². The molecule has 0 fully saturated rings. The van der Waals surface area contributed by atoms with Gasteiger partial charge in [-0.05, 0) is 30.2 Å². The van der Waals surface area contributed by atoms with Gasteiger partial charge in [0.2, 0.25) is 6.79 Å². The highest BCUT2D eigenvalue weighted by Gasteiger charge is 2.18. The lowest BCUT2D eigenvalue weighted by Crippen LogP contribution is -2.29. The fourth-order valence-corrected chi connectivity index (χ4v) is 3.32. The summed E-state index contributed by atoms with van der Waals surface area (Å²) in [6, 6.07) is 10.2. The van der Waals surface area contributed by atoms with Crippen molar-refractivity contribution in [1.82, 2.24) is 15.2 Å². The van der Waals surface area contributed by atoms with E-state index in [1.807, 2.05) is 6.92 Å². The quantitative estimate of drug-likeness (QED) is 0.513. The summed E-state index contributed by atoms with van der Waals surface area (Å²) in [6.07, 6.45) is 2.16. The van der Waals surface area contributed by atoms with Crippen molar-refractivity contribution in [2.75, 3.05) is 6.79 Å². The molecule has 0 saturated carbocycles. The number of hydrogen-bond donors (Lipinski definition) is 1. The van der Waals surface area contributed by atoms with E-state index in [0.29, 0.717) is 39.4 Å². The van der Waals surface area contributed by atoms with Crippen molar-refractivity contribution >= 4 is 34.5 Å². The number of carbonyl (C=O) groups is 1. The lowest BCUT2D eigenvalue weighted by molar-refractivity contribution is 0.0949. The lowest BCUT2D eigenvalue weighted by atomic mass is 10.1. The minimum atomic E-state index is -0.519. The second-order valence-corrected chi connectivity index (χ2v) is 6.77. The number of hydrogen-bond acceptors (Lipinski definition) is 6. The van der Waals surface area contributed by atoms with Gasteiger partial charge in [0.1, 0.15) is 0 Å². The second-order valence-electron chi connectivity index (χ2n) is 6.36. The number of halogens is 1. The van der Waals surface area contributed by atoms with Gasteiger partial charge in [-0.25, -0.2) is 10.1 Å². The number of carbonyl (C=O) groups excluding carboxylic acids is 1. The largest absolute Gasteiger partial charge is 0.454 e. The molecule has 0 aliphatic carbocycles. The Balaban J connectivity index is 1.61. The molecule has 0 spiro atoms. The summed E-state index contributed by atoms with van der Waals surface area (Å²) in [4.78, 5) is 25.2. The predicted octanol–water partition coefficient (Wildman–Crippen LogP) is 2.95. The highest BCUT2D eigenvalue weighted by atomic mass is 35.5. The Morgan fingerprint density at radius 1 is 1.31 bits per heavy atom. The SMILES string of the molecule is CCCn1nc(C(=O)N/N=C\c2cc(Cl)c3c(c2)OCO3)c2ccccc2c1=O. The van der Waals surface area contributed by atoms with Crippen LogP contribution in [0.1, 0.15) is 29.4 Å². The van der Waals surface area contributed by atoms with E-state index in [0.717, 1.165) is 6.42 Å². The summed E-state index contributed by atoms with van der Waals surface area (Å²) in [7, 11) is 0. The van der Waals surface area contributed by atoms with Crippen molar-refractivity contribution in [3.8, 4) is 11.5 Å². The molecule has 4 rings (SSSR count). The third-order valence-corrected chi connectivity index (χ3v) is 4.63. The molecule has 0 radical (unpaired) electrons. The van der Waals surface area contributed by atoms with Crippen LogP contribution < -0.4 is 20.5 Å². The molecule has 1 amide bonds. The fraction of sp³-hybridized carbons (Fsp3) is 0.200. The van der Waals surface area contributed by atoms with Crippen molar-refractivity contribution in [3.05, 3.63) is 63.0 Å². The normalized spacial score (nSPS) is 12.6. The van der Waals surface area contributed by atoms with Crippen LogP contribution in [0.25, 0.3) is 10.8 Å². The zero-order valence-electron chi connectivity index (χ0n) is 15.5. The number of nitrogens with zero attached hydrogens (tertiary/aromatic N) is 3. The highest BCUT2D eigenvalue weighted by Crippen LogP contribution is 2.39. The van der Waals surface area contributed by atoms with E-state index in [1.54, 1.807) is 36.4 Å². The Bertz CT molecular complexity index is 1190. The maximum Gasteiger partial charge on any atom is 0.292 e. The van der Waals surface area contributed by atoms with Crippen molar-refractivity contribution in [2.24, 2.45) is 5.10 Å². The first-order valence-corrected chi connectivity index (χ1v) is 9.38. The third-order valence-electron chi connectivity index (χ3n) is 4.35. The molecule has 0 bridgehead atoms. The molecule has 0 saturated heterocycles. The maximum absolute atomic E-state index is 12.7. The molecular formula is C20H17ClN4O4. The molecule has 9 heteroatoms. The molecule has 0 atom stereocenters. The molecule has 2 heterocycles. The van der Waals surface area contributed by atoms with Crippen LogP contribution in [0.2, 0.25) is 5.02 Å².